The maximum Gasteiger partial charge on any atom is 0.0719 e. The average molecular weight is 419 g/mol. The highest BCUT2D eigenvalue weighted by molar-refractivity contribution is 6.19. The summed E-state index contributed by atoms with van der Waals surface area (Å²) in [4.78, 5) is 0. The largest absolute Gasteiger partial charge is 0.0719 e. The third kappa shape index (κ3) is 2.36. The fourth-order valence-corrected chi connectivity index (χ4v) is 6.12. The molecule has 0 unspecified atom stereocenters. The molecule has 0 aliphatic heterocycles. The van der Waals surface area contributed by atoms with Crippen molar-refractivity contribution in [3.05, 3.63) is 156 Å². The quantitative estimate of drug-likeness (QED) is 0.247. The second-order valence-electron chi connectivity index (χ2n) is 8.87. The zero-order valence-corrected chi connectivity index (χ0v) is 18.2. The van der Waals surface area contributed by atoms with Crippen LogP contribution < -0.4 is 0 Å². The van der Waals surface area contributed by atoms with Crippen molar-refractivity contribution in [3.8, 4) is 11.1 Å². The number of hydrogen-bond acceptors (Lipinski definition) is 0. The number of fused-ring (bicyclic) bond motifs is 8. The van der Waals surface area contributed by atoms with Crippen LogP contribution in [0, 0.1) is 0 Å². The van der Waals surface area contributed by atoms with E-state index in [1.54, 1.807) is 0 Å². The fourth-order valence-electron chi connectivity index (χ4n) is 6.12. The minimum atomic E-state index is -0.377. The predicted molar refractivity (Wildman–Crippen MR) is 139 cm³/mol. The molecule has 0 N–H and O–H groups in total. The summed E-state index contributed by atoms with van der Waals surface area (Å²) in [6.07, 6.45) is 0. The SMILES string of the molecule is c1ccc(C2(c3ccccc3)c3ccccc3-c3c2c2ccccc2c2ccccc32)cc1. The lowest BCUT2D eigenvalue weighted by Crippen LogP contribution is -2.28. The molecule has 6 aromatic carbocycles. The van der Waals surface area contributed by atoms with Crippen molar-refractivity contribution in [3.63, 3.8) is 0 Å². The molecular formula is C33H22. The summed E-state index contributed by atoms with van der Waals surface area (Å²) in [5.74, 6) is 0. The van der Waals surface area contributed by atoms with Crippen molar-refractivity contribution in [2.75, 3.05) is 0 Å². The van der Waals surface area contributed by atoms with Crippen LogP contribution in [-0.2, 0) is 5.41 Å². The lowest BCUT2D eigenvalue weighted by Gasteiger charge is -2.34. The van der Waals surface area contributed by atoms with Crippen molar-refractivity contribution in [1.29, 1.82) is 0 Å². The first kappa shape index (κ1) is 18.4. The molecule has 0 heteroatoms. The molecule has 0 fully saturated rings. The van der Waals surface area contributed by atoms with Crippen LogP contribution in [0.3, 0.4) is 0 Å². The van der Waals surface area contributed by atoms with Crippen molar-refractivity contribution in [1.82, 2.24) is 0 Å². The predicted octanol–water partition coefficient (Wildman–Crippen LogP) is 8.36. The number of hydrogen-bond donors (Lipinski definition) is 0. The monoisotopic (exact) mass is 418 g/mol. The molecule has 0 spiro atoms. The Labute approximate surface area is 193 Å². The van der Waals surface area contributed by atoms with Crippen LogP contribution in [0.15, 0.2) is 133 Å². The molecule has 0 bridgehead atoms. The molecule has 0 nitrogen and oxygen atoms in total. The molecule has 0 aromatic heterocycles. The Morgan fingerprint density at radius 2 is 0.818 bits per heavy atom. The lowest BCUT2D eigenvalue weighted by molar-refractivity contribution is 0.776. The van der Waals surface area contributed by atoms with Gasteiger partial charge in [0.15, 0.2) is 0 Å². The van der Waals surface area contributed by atoms with Gasteiger partial charge >= 0.3 is 0 Å². The van der Waals surface area contributed by atoms with E-state index < -0.39 is 0 Å². The molecule has 1 aliphatic carbocycles. The van der Waals surface area contributed by atoms with Gasteiger partial charge in [-0.3, -0.25) is 0 Å². The lowest BCUT2D eigenvalue weighted by atomic mass is 9.66. The first-order valence-corrected chi connectivity index (χ1v) is 11.6. The van der Waals surface area contributed by atoms with Gasteiger partial charge in [0.05, 0.1) is 5.41 Å². The number of rotatable bonds is 2. The zero-order chi connectivity index (χ0) is 21.8. The molecule has 33 heavy (non-hydrogen) atoms. The van der Waals surface area contributed by atoms with Gasteiger partial charge < -0.3 is 0 Å². The Bertz CT molecular complexity index is 1600. The third-order valence-corrected chi connectivity index (χ3v) is 7.32. The van der Waals surface area contributed by atoms with Crippen LogP contribution >= 0.6 is 0 Å². The minimum Gasteiger partial charge on any atom is -0.0622 e. The van der Waals surface area contributed by atoms with Crippen LogP contribution in [0.4, 0.5) is 0 Å². The van der Waals surface area contributed by atoms with E-state index in [0.29, 0.717) is 0 Å². The van der Waals surface area contributed by atoms with E-state index in [9.17, 15) is 0 Å². The minimum absolute atomic E-state index is 0.377. The summed E-state index contributed by atoms with van der Waals surface area (Å²) in [5, 5.41) is 5.29. The van der Waals surface area contributed by atoms with E-state index in [4.69, 9.17) is 0 Å². The van der Waals surface area contributed by atoms with Gasteiger partial charge in [0.1, 0.15) is 0 Å². The maximum absolute atomic E-state index is 2.33. The van der Waals surface area contributed by atoms with Gasteiger partial charge in [0.2, 0.25) is 0 Å². The Kier molecular flexibility index (Phi) is 3.86. The molecule has 0 heterocycles. The van der Waals surface area contributed by atoms with E-state index in [2.05, 4.69) is 133 Å². The van der Waals surface area contributed by atoms with Crippen LogP contribution in [0.2, 0.25) is 0 Å². The van der Waals surface area contributed by atoms with Crippen molar-refractivity contribution >= 4 is 21.5 Å². The maximum atomic E-state index is 2.33. The summed E-state index contributed by atoms with van der Waals surface area (Å²) >= 11 is 0. The highest BCUT2D eigenvalue weighted by Crippen LogP contribution is 2.59. The molecular weight excluding hydrogens is 396 g/mol. The van der Waals surface area contributed by atoms with E-state index in [1.807, 2.05) is 0 Å². The van der Waals surface area contributed by atoms with Crippen LogP contribution in [0.5, 0.6) is 0 Å². The van der Waals surface area contributed by atoms with Gasteiger partial charge in [-0.25, -0.2) is 0 Å². The van der Waals surface area contributed by atoms with E-state index in [0.717, 1.165) is 0 Å². The Morgan fingerprint density at radius 3 is 1.45 bits per heavy atom. The van der Waals surface area contributed by atoms with Gasteiger partial charge in [-0.05, 0) is 54.9 Å². The second kappa shape index (κ2) is 6.92. The molecule has 154 valence electrons. The summed E-state index contributed by atoms with van der Waals surface area (Å²) in [6.45, 7) is 0. The molecule has 6 aromatic rings. The smallest absolute Gasteiger partial charge is 0.0622 e. The molecule has 1 aliphatic rings. The first-order valence-electron chi connectivity index (χ1n) is 11.6. The van der Waals surface area contributed by atoms with Crippen molar-refractivity contribution < 1.29 is 0 Å². The topological polar surface area (TPSA) is 0 Å². The van der Waals surface area contributed by atoms with E-state index >= 15 is 0 Å². The second-order valence-corrected chi connectivity index (χ2v) is 8.87. The fraction of sp³-hybridized carbons (Fsp3) is 0.0303. The van der Waals surface area contributed by atoms with Gasteiger partial charge in [0, 0.05) is 0 Å². The average Bonchev–Trinajstić information content (AvgIpc) is 3.22. The summed E-state index contributed by atoms with van der Waals surface area (Å²) in [5.41, 5.74) is 7.70. The molecule has 0 amide bonds. The highest BCUT2D eigenvalue weighted by Gasteiger charge is 2.47. The van der Waals surface area contributed by atoms with Crippen LogP contribution in [-0.4, -0.2) is 0 Å². The normalized spacial score (nSPS) is 13.7. The summed E-state index contributed by atoms with van der Waals surface area (Å²) in [7, 11) is 0. The Hall–Kier alpha value is -4.16. The van der Waals surface area contributed by atoms with Crippen LogP contribution in [0.1, 0.15) is 22.3 Å². The molecule has 7 rings (SSSR count). The van der Waals surface area contributed by atoms with Crippen molar-refractivity contribution in [2.24, 2.45) is 0 Å². The van der Waals surface area contributed by atoms with Crippen molar-refractivity contribution in [2.45, 2.75) is 5.41 Å². The van der Waals surface area contributed by atoms with Gasteiger partial charge in [-0.2, -0.15) is 0 Å². The van der Waals surface area contributed by atoms with E-state index in [1.165, 1.54) is 54.9 Å². The third-order valence-electron chi connectivity index (χ3n) is 7.32. The zero-order valence-electron chi connectivity index (χ0n) is 18.2. The molecule has 0 atom stereocenters. The molecule has 0 radical (unpaired) electrons. The molecule has 0 saturated heterocycles. The standard InChI is InChI=1S/C33H22/c1-3-13-23(14-4-1)33(24-15-5-2-6-16-24)30-22-12-11-21-29(30)31-27-19-9-7-17-25(27)26-18-8-10-20-28(26)32(31)33/h1-22H. The van der Waals surface area contributed by atoms with Gasteiger partial charge in [0.25, 0.3) is 0 Å². The van der Waals surface area contributed by atoms with E-state index in [-0.39, 0.29) is 5.41 Å². The van der Waals surface area contributed by atoms with Gasteiger partial charge in [-0.1, -0.05) is 133 Å². The van der Waals surface area contributed by atoms with Crippen LogP contribution in [0.25, 0.3) is 32.7 Å². The highest BCUT2D eigenvalue weighted by atomic mass is 14.5. The Morgan fingerprint density at radius 1 is 0.364 bits per heavy atom. The number of benzene rings is 6. The van der Waals surface area contributed by atoms with Gasteiger partial charge in [-0.15, -0.1) is 0 Å². The Balaban J connectivity index is 1.81. The summed E-state index contributed by atoms with van der Waals surface area (Å²) < 4.78 is 0. The molecule has 0 saturated carbocycles. The first-order chi connectivity index (χ1) is 16.4. The summed E-state index contributed by atoms with van der Waals surface area (Å²) in [6, 6.07) is 48.9.